The monoisotopic (exact) mass is 293 g/mol. The lowest BCUT2D eigenvalue weighted by atomic mass is 9.84. The van der Waals surface area contributed by atoms with Crippen molar-refractivity contribution in [1.29, 1.82) is 0 Å². The van der Waals surface area contributed by atoms with Crippen LogP contribution in [0.4, 0.5) is 4.39 Å². The molecule has 2 rings (SSSR count). The third kappa shape index (κ3) is 4.19. The lowest BCUT2D eigenvalue weighted by molar-refractivity contribution is 0.0888. The van der Waals surface area contributed by atoms with E-state index in [1.807, 2.05) is 0 Å². The van der Waals surface area contributed by atoms with E-state index in [4.69, 9.17) is 4.74 Å². The molecule has 21 heavy (non-hydrogen) atoms. The molecule has 1 aromatic rings. The highest BCUT2D eigenvalue weighted by Crippen LogP contribution is 2.33. The van der Waals surface area contributed by atoms with Gasteiger partial charge in [-0.3, -0.25) is 0 Å². The van der Waals surface area contributed by atoms with E-state index in [0.29, 0.717) is 5.92 Å². The Kier molecular flexibility index (Phi) is 6.04. The maximum absolute atomic E-state index is 13.6. The van der Waals surface area contributed by atoms with Crippen LogP contribution in [0.25, 0.3) is 0 Å². The first-order chi connectivity index (χ1) is 10.2. The Morgan fingerprint density at radius 1 is 1.29 bits per heavy atom. The molecule has 3 atom stereocenters. The summed E-state index contributed by atoms with van der Waals surface area (Å²) in [5.41, 5.74) is 0.928. The van der Waals surface area contributed by atoms with Gasteiger partial charge in [0.2, 0.25) is 0 Å². The Hall–Kier alpha value is -1.09. The lowest BCUT2D eigenvalue weighted by Gasteiger charge is -2.32. The van der Waals surface area contributed by atoms with Gasteiger partial charge >= 0.3 is 0 Å². The molecule has 1 fully saturated rings. The lowest BCUT2D eigenvalue weighted by Crippen LogP contribution is -2.30. The minimum atomic E-state index is -0.196. The molecule has 0 saturated heterocycles. The van der Waals surface area contributed by atoms with Crippen LogP contribution in [0.15, 0.2) is 18.2 Å². The first kappa shape index (κ1) is 16.3. The molecular formula is C18H28FNO. The number of halogens is 1. The molecule has 0 aliphatic heterocycles. The molecular weight excluding hydrogens is 265 g/mol. The van der Waals surface area contributed by atoms with Gasteiger partial charge in [0.1, 0.15) is 17.7 Å². The third-order valence-electron chi connectivity index (χ3n) is 4.59. The van der Waals surface area contributed by atoms with Gasteiger partial charge in [-0.15, -0.1) is 0 Å². The summed E-state index contributed by atoms with van der Waals surface area (Å²) >= 11 is 0. The number of nitrogens with one attached hydrogen (secondary N) is 1. The summed E-state index contributed by atoms with van der Waals surface area (Å²) in [4.78, 5) is 0. The number of benzene rings is 1. The molecule has 3 unspecified atom stereocenters. The maximum atomic E-state index is 13.6. The van der Waals surface area contributed by atoms with Gasteiger partial charge in [0, 0.05) is 11.6 Å². The Bertz CT molecular complexity index is 449. The second-order valence-electron chi connectivity index (χ2n) is 6.07. The van der Waals surface area contributed by atoms with Crippen molar-refractivity contribution in [2.24, 2.45) is 5.92 Å². The van der Waals surface area contributed by atoms with Crippen LogP contribution in [0.2, 0.25) is 0 Å². The summed E-state index contributed by atoms with van der Waals surface area (Å²) in [6.07, 6.45) is 6.35. The molecule has 0 bridgehead atoms. The van der Waals surface area contributed by atoms with Crippen molar-refractivity contribution >= 4 is 0 Å². The topological polar surface area (TPSA) is 21.3 Å². The highest BCUT2D eigenvalue weighted by atomic mass is 19.1. The van der Waals surface area contributed by atoms with E-state index < -0.39 is 0 Å². The van der Waals surface area contributed by atoms with Gasteiger partial charge in [0.15, 0.2) is 0 Å². The Balaban J connectivity index is 2.18. The zero-order valence-electron chi connectivity index (χ0n) is 13.5. The van der Waals surface area contributed by atoms with Gasteiger partial charge in [0.05, 0.1) is 0 Å². The molecule has 118 valence electrons. The zero-order chi connectivity index (χ0) is 15.2. The minimum absolute atomic E-state index is 0.101. The highest BCUT2D eigenvalue weighted by molar-refractivity contribution is 5.36. The van der Waals surface area contributed by atoms with Crippen LogP contribution < -0.4 is 10.1 Å². The van der Waals surface area contributed by atoms with Gasteiger partial charge in [-0.1, -0.05) is 20.3 Å². The molecule has 0 spiro atoms. The van der Waals surface area contributed by atoms with E-state index in [-0.39, 0.29) is 18.0 Å². The third-order valence-corrected chi connectivity index (χ3v) is 4.59. The quantitative estimate of drug-likeness (QED) is 0.810. The second kappa shape index (κ2) is 7.79. The molecule has 0 amide bonds. The zero-order valence-corrected chi connectivity index (χ0v) is 13.5. The second-order valence-corrected chi connectivity index (χ2v) is 6.07. The number of hydrogen-bond acceptors (Lipinski definition) is 2. The Morgan fingerprint density at radius 2 is 2.05 bits per heavy atom. The van der Waals surface area contributed by atoms with Crippen LogP contribution in [-0.2, 0) is 0 Å². The van der Waals surface area contributed by atoms with Gasteiger partial charge in [-0.05, 0) is 63.3 Å². The SMILES string of the molecule is CCNC(C)c1cc(F)ccc1OC1CCCCC1CC. The molecule has 2 nitrogen and oxygen atoms in total. The van der Waals surface area contributed by atoms with E-state index >= 15 is 0 Å². The molecule has 1 N–H and O–H groups in total. The molecule has 1 saturated carbocycles. The summed E-state index contributed by atoms with van der Waals surface area (Å²) in [5.74, 6) is 1.28. The molecule has 0 aromatic heterocycles. The minimum Gasteiger partial charge on any atom is -0.490 e. The van der Waals surface area contributed by atoms with Crippen LogP contribution in [0.1, 0.15) is 64.5 Å². The summed E-state index contributed by atoms with van der Waals surface area (Å²) < 4.78 is 19.9. The Morgan fingerprint density at radius 3 is 2.76 bits per heavy atom. The molecule has 0 heterocycles. The van der Waals surface area contributed by atoms with Gasteiger partial charge < -0.3 is 10.1 Å². The fourth-order valence-corrected chi connectivity index (χ4v) is 3.34. The van der Waals surface area contributed by atoms with Crippen molar-refractivity contribution in [2.45, 2.75) is 65.0 Å². The molecule has 1 aromatic carbocycles. The predicted molar refractivity (Wildman–Crippen MR) is 85.2 cm³/mol. The number of hydrogen-bond donors (Lipinski definition) is 1. The first-order valence-corrected chi connectivity index (χ1v) is 8.35. The number of rotatable bonds is 6. The van der Waals surface area contributed by atoms with E-state index in [9.17, 15) is 4.39 Å². The van der Waals surface area contributed by atoms with Crippen LogP contribution in [0.5, 0.6) is 5.75 Å². The molecule has 3 heteroatoms. The van der Waals surface area contributed by atoms with Crippen molar-refractivity contribution in [3.8, 4) is 5.75 Å². The summed E-state index contributed by atoms with van der Waals surface area (Å²) in [7, 11) is 0. The van der Waals surface area contributed by atoms with Crippen molar-refractivity contribution in [3.05, 3.63) is 29.6 Å². The Labute approximate surface area is 128 Å². The van der Waals surface area contributed by atoms with Crippen LogP contribution in [0.3, 0.4) is 0 Å². The molecule has 1 aliphatic carbocycles. The maximum Gasteiger partial charge on any atom is 0.124 e. The van der Waals surface area contributed by atoms with Gasteiger partial charge in [-0.2, -0.15) is 0 Å². The standard InChI is InChI=1S/C18H28FNO/c1-4-14-8-6-7-9-17(14)21-18-11-10-15(19)12-16(18)13(3)20-5-2/h10-14,17,20H,4-9H2,1-3H3. The van der Waals surface area contributed by atoms with Crippen LogP contribution >= 0.6 is 0 Å². The van der Waals surface area contributed by atoms with Crippen molar-refractivity contribution < 1.29 is 9.13 Å². The van der Waals surface area contributed by atoms with Crippen molar-refractivity contribution in [2.75, 3.05) is 6.54 Å². The molecule has 1 aliphatic rings. The summed E-state index contributed by atoms with van der Waals surface area (Å²) in [6, 6.07) is 5.00. The van der Waals surface area contributed by atoms with Gasteiger partial charge in [0.25, 0.3) is 0 Å². The summed E-state index contributed by atoms with van der Waals surface area (Å²) in [5, 5.41) is 3.35. The van der Waals surface area contributed by atoms with E-state index in [1.165, 1.54) is 25.3 Å². The average Bonchev–Trinajstić information content (AvgIpc) is 2.49. The smallest absolute Gasteiger partial charge is 0.124 e. The highest BCUT2D eigenvalue weighted by Gasteiger charge is 2.26. The van der Waals surface area contributed by atoms with E-state index in [1.54, 1.807) is 12.1 Å². The molecule has 0 radical (unpaired) electrons. The van der Waals surface area contributed by atoms with Crippen molar-refractivity contribution in [3.63, 3.8) is 0 Å². The fourth-order valence-electron chi connectivity index (χ4n) is 3.34. The van der Waals surface area contributed by atoms with Crippen molar-refractivity contribution in [1.82, 2.24) is 5.32 Å². The summed E-state index contributed by atoms with van der Waals surface area (Å²) in [6.45, 7) is 7.21. The average molecular weight is 293 g/mol. The van der Waals surface area contributed by atoms with Crippen LogP contribution in [-0.4, -0.2) is 12.6 Å². The number of ether oxygens (including phenoxy) is 1. The normalized spacial score (nSPS) is 23.8. The van der Waals surface area contributed by atoms with Gasteiger partial charge in [-0.25, -0.2) is 4.39 Å². The first-order valence-electron chi connectivity index (χ1n) is 8.35. The van der Waals surface area contributed by atoms with E-state index in [2.05, 4.69) is 26.1 Å². The fraction of sp³-hybridized carbons (Fsp3) is 0.667. The largest absolute Gasteiger partial charge is 0.490 e. The van der Waals surface area contributed by atoms with Crippen LogP contribution in [0, 0.1) is 11.7 Å². The van der Waals surface area contributed by atoms with E-state index in [0.717, 1.165) is 30.7 Å². The predicted octanol–water partition coefficient (Wildman–Crippen LogP) is 4.84.